The van der Waals surface area contributed by atoms with Crippen LogP contribution >= 0.6 is 0 Å². The zero-order valence-corrected chi connectivity index (χ0v) is 15.2. The molecule has 0 unspecified atom stereocenters. The van der Waals surface area contributed by atoms with E-state index < -0.39 is 0 Å². The zero-order valence-electron chi connectivity index (χ0n) is 15.2. The van der Waals surface area contributed by atoms with E-state index in [1.54, 1.807) is 0 Å². The number of hydrogen-bond acceptors (Lipinski definition) is 6. The van der Waals surface area contributed by atoms with Crippen LogP contribution in [-0.2, 0) is 19.5 Å². The summed E-state index contributed by atoms with van der Waals surface area (Å²) in [6, 6.07) is 16.1. The van der Waals surface area contributed by atoms with E-state index in [0.29, 0.717) is 0 Å². The van der Waals surface area contributed by atoms with Gasteiger partial charge in [0.25, 0.3) is 0 Å². The molecule has 2 aliphatic heterocycles. The van der Waals surface area contributed by atoms with Gasteiger partial charge in [-0.05, 0) is 30.3 Å². The van der Waals surface area contributed by atoms with E-state index in [1.165, 1.54) is 0 Å². The van der Waals surface area contributed by atoms with Crippen LogP contribution in [0, 0.1) is 0 Å². The standard InChI is InChI=1S/C22H18N2O4/c1-2-4-18-14(3-1)9-16(27-18)11-24-8-7-19-17(12-24)22(23-28-19)15-5-6-20-21(10-15)26-13-25-20/h1-6,9-10H,7-8,11-13H2. The summed E-state index contributed by atoms with van der Waals surface area (Å²) in [7, 11) is 0. The number of hydrogen-bond donors (Lipinski definition) is 0. The lowest BCUT2D eigenvalue weighted by Gasteiger charge is -2.25. The van der Waals surface area contributed by atoms with Crippen molar-refractivity contribution < 1.29 is 18.4 Å². The smallest absolute Gasteiger partial charge is 0.231 e. The van der Waals surface area contributed by atoms with Crippen molar-refractivity contribution in [2.45, 2.75) is 19.5 Å². The number of benzene rings is 2. The number of fused-ring (bicyclic) bond motifs is 3. The van der Waals surface area contributed by atoms with Gasteiger partial charge in [0.15, 0.2) is 11.5 Å². The summed E-state index contributed by atoms with van der Waals surface area (Å²) in [4.78, 5) is 2.37. The van der Waals surface area contributed by atoms with Crippen molar-refractivity contribution in [1.82, 2.24) is 10.1 Å². The Morgan fingerprint density at radius 1 is 1.00 bits per heavy atom. The van der Waals surface area contributed by atoms with E-state index in [4.69, 9.17) is 18.4 Å². The maximum Gasteiger partial charge on any atom is 0.231 e. The van der Waals surface area contributed by atoms with Gasteiger partial charge in [0, 0.05) is 36.0 Å². The van der Waals surface area contributed by atoms with Crippen molar-refractivity contribution in [2.24, 2.45) is 0 Å². The van der Waals surface area contributed by atoms with E-state index in [2.05, 4.69) is 22.2 Å². The van der Waals surface area contributed by atoms with E-state index >= 15 is 0 Å². The van der Waals surface area contributed by atoms with Gasteiger partial charge >= 0.3 is 0 Å². The van der Waals surface area contributed by atoms with Crippen LogP contribution in [0.25, 0.3) is 22.2 Å². The fourth-order valence-corrected chi connectivity index (χ4v) is 4.01. The Morgan fingerprint density at radius 2 is 1.93 bits per heavy atom. The first kappa shape index (κ1) is 15.8. The number of nitrogens with zero attached hydrogens (tertiary/aromatic N) is 2. The van der Waals surface area contributed by atoms with Gasteiger partial charge in [-0.3, -0.25) is 4.90 Å². The van der Waals surface area contributed by atoms with Gasteiger partial charge < -0.3 is 18.4 Å². The maximum absolute atomic E-state index is 5.99. The molecule has 0 aliphatic carbocycles. The first-order chi connectivity index (χ1) is 13.8. The van der Waals surface area contributed by atoms with E-state index in [9.17, 15) is 0 Å². The van der Waals surface area contributed by atoms with E-state index in [-0.39, 0.29) is 6.79 Å². The summed E-state index contributed by atoms with van der Waals surface area (Å²) >= 11 is 0. The van der Waals surface area contributed by atoms with Gasteiger partial charge in [-0.25, -0.2) is 0 Å². The lowest BCUT2D eigenvalue weighted by atomic mass is 10.0. The number of furan rings is 1. The second-order valence-electron chi connectivity index (χ2n) is 7.21. The molecule has 140 valence electrons. The molecule has 0 atom stereocenters. The SMILES string of the molecule is c1ccc2oc(CN3CCc4onc(-c5ccc6c(c5)OCO6)c4C3)cc2c1. The highest BCUT2D eigenvalue weighted by Gasteiger charge is 2.26. The van der Waals surface area contributed by atoms with Crippen molar-refractivity contribution >= 4 is 11.0 Å². The zero-order chi connectivity index (χ0) is 18.5. The molecular formula is C22H18N2O4. The number of rotatable bonds is 3. The van der Waals surface area contributed by atoms with Crippen LogP contribution in [0.1, 0.15) is 17.1 Å². The summed E-state index contributed by atoms with van der Waals surface area (Å²) < 4.78 is 22.5. The summed E-state index contributed by atoms with van der Waals surface area (Å²) in [5.74, 6) is 3.47. The van der Waals surface area contributed by atoms with E-state index in [1.807, 2.05) is 36.4 Å². The van der Waals surface area contributed by atoms with Gasteiger partial charge in [0.1, 0.15) is 22.8 Å². The Kier molecular flexibility index (Phi) is 3.46. The molecule has 4 heterocycles. The predicted molar refractivity (Wildman–Crippen MR) is 102 cm³/mol. The molecule has 0 N–H and O–H groups in total. The third kappa shape index (κ3) is 2.57. The lowest BCUT2D eigenvalue weighted by molar-refractivity contribution is 0.174. The van der Waals surface area contributed by atoms with Crippen LogP contribution in [0.3, 0.4) is 0 Å². The highest BCUT2D eigenvalue weighted by Crippen LogP contribution is 2.38. The largest absolute Gasteiger partial charge is 0.460 e. The predicted octanol–water partition coefficient (Wildman–Crippen LogP) is 4.37. The first-order valence-electron chi connectivity index (χ1n) is 9.41. The molecule has 0 saturated heterocycles. The minimum atomic E-state index is 0.265. The fraction of sp³-hybridized carbons (Fsp3) is 0.227. The Bertz CT molecular complexity index is 1140. The molecule has 0 saturated carbocycles. The van der Waals surface area contributed by atoms with Crippen molar-refractivity contribution in [3.63, 3.8) is 0 Å². The van der Waals surface area contributed by atoms with Crippen molar-refractivity contribution in [3.8, 4) is 22.8 Å². The quantitative estimate of drug-likeness (QED) is 0.531. The highest BCUT2D eigenvalue weighted by atomic mass is 16.7. The first-order valence-corrected chi connectivity index (χ1v) is 9.41. The third-order valence-corrected chi connectivity index (χ3v) is 5.41. The van der Waals surface area contributed by atoms with Gasteiger partial charge in [-0.15, -0.1) is 0 Å². The summed E-state index contributed by atoms with van der Waals surface area (Å²) in [6.45, 7) is 2.72. The minimum Gasteiger partial charge on any atom is -0.460 e. The average molecular weight is 374 g/mol. The van der Waals surface area contributed by atoms with Crippen LogP contribution in [0.5, 0.6) is 11.5 Å². The maximum atomic E-state index is 5.99. The molecule has 0 fully saturated rings. The second kappa shape index (κ2) is 6.14. The van der Waals surface area contributed by atoms with Crippen molar-refractivity contribution in [3.05, 3.63) is 65.6 Å². The van der Waals surface area contributed by atoms with Crippen LogP contribution < -0.4 is 9.47 Å². The minimum absolute atomic E-state index is 0.265. The van der Waals surface area contributed by atoms with Gasteiger partial charge in [-0.1, -0.05) is 23.4 Å². The molecule has 2 aromatic carbocycles. The van der Waals surface area contributed by atoms with Gasteiger partial charge in [-0.2, -0.15) is 0 Å². The molecule has 4 aromatic rings. The van der Waals surface area contributed by atoms with E-state index in [0.717, 1.165) is 76.9 Å². The molecule has 6 nitrogen and oxygen atoms in total. The Balaban J connectivity index is 1.28. The molecule has 0 radical (unpaired) electrons. The molecule has 2 aromatic heterocycles. The summed E-state index contributed by atoms with van der Waals surface area (Å²) in [5.41, 5.74) is 3.94. The monoisotopic (exact) mass is 374 g/mol. The van der Waals surface area contributed by atoms with Crippen molar-refractivity contribution in [2.75, 3.05) is 13.3 Å². The average Bonchev–Trinajstić information content (AvgIpc) is 3.44. The molecule has 0 spiro atoms. The third-order valence-electron chi connectivity index (χ3n) is 5.41. The molecule has 6 rings (SSSR count). The molecule has 0 bridgehead atoms. The van der Waals surface area contributed by atoms with Crippen LogP contribution in [0.4, 0.5) is 0 Å². The topological polar surface area (TPSA) is 60.9 Å². The van der Waals surface area contributed by atoms with Crippen molar-refractivity contribution in [1.29, 1.82) is 0 Å². The van der Waals surface area contributed by atoms with Crippen LogP contribution in [-0.4, -0.2) is 23.4 Å². The molecule has 2 aliphatic rings. The number of para-hydroxylation sites is 1. The fourth-order valence-electron chi connectivity index (χ4n) is 4.01. The highest BCUT2D eigenvalue weighted by molar-refractivity contribution is 5.77. The normalized spacial score (nSPS) is 15.9. The summed E-state index contributed by atoms with van der Waals surface area (Å²) in [5, 5.41) is 5.49. The Hall–Kier alpha value is -3.25. The Labute approximate surface area is 161 Å². The molecule has 0 amide bonds. The number of aromatic nitrogens is 1. The lowest BCUT2D eigenvalue weighted by Crippen LogP contribution is -2.29. The molecule has 28 heavy (non-hydrogen) atoms. The van der Waals surface area contributed by atoms with Crippen LogP contribution in [0.2, 0.25) is 0 Å². The number of ether oxygens (including phenoxy) is 2. The van der Waals surface area contributed by atoms with Gasteiger partial charge in [0.05, 0.1) is 6.54 Å². The van der Waals surface area contributed by atoms with Gasteiger partial charge in [0.2, 0.25) is 6.79 Å². The Morgan fingerprint density at radius 3 is 2.89 bits per heavy atom. The summed E-state index contributed by atoms with van der Waals surface area (Å²) in [6.07, 6.45) is 0.840. The molecular weight excluding hydrogens is 356 g/mol. The molecule has 6 heteroatoms. The van der Waals surface area contributed by atoms with Crippen LogP contribution in [0.15, 0.2) is 57.5 Å². The second-order valence-corrected chi connectivity index (χ2v) is 7.21.